The maximum Gasteiger partial charge on any atom is 0.344 e. The van der Waals surface area contributed by atoms with E-state index in [-0.39, 0.29) is 12.6 Å². The van der Waals surface area contributed by atoms with E-state index in [1.807, 2.05) is 26.8 Å². The fourth-order valence-corrected chi connectivity index (χ4v) is 1.49. The summed E-state index contributed by atoms with van der Waals surface area (Å²) in [5.74, 6) is 0.423. The van der Waals surface area contributed by atoms with Crippen LogP contribution in [-0.4, -0.2) is 19.2 Å². The molecule has 0 heterocycles. The van der Waals surface area contributed by atoms with Crippen LogP contribution in [0.3, 0.4) is 0 Å². The summed E-state index contributed by atoms with van der Waals surface area (Å²) >= 11 is 0. The van der Waals surface area contributed by atoms with E-state index < -0.39 is 0 Å². The standard InChI is InChI=1S/C13H18O3/c1-5-15-13(14)8-16-12-7-9(2)6-10(3)11(12)4/h6-7H,5,8H2,1-4H3. The molecule has 0 radical (unpaired) electrons. The lowest BCUT2D eigenvalue weighted by Gasteiger charge is -2.11. The van der Waals surface area contributed by atoms with Gasteiger partial charge in [-0.1, -0.05) is 6.07 Å². The summed E-state index contributed by atoms with van der Waals surface area (Å²) in [6.07, 6.45) is 0. The number of hydrogen-bond acceptors (Lipinski definition) is 3. The van der Waals surface area contributed by atoms with Gasteiger partial charge in [-0.3, -0.25) is 0 Å². The van der Waals surface area contributed by atoms with Crippen molar-refractivity contribution in [1.82, 2.24) is 0 Å². The molecule has 0 aromatic heterocycles. The van der Waals surface area contributed by atoms with Crippen molar-refractivity contribution in [3.05, 3.63) is 28.8 Å². The Balaban J connectivity index is 2.70. The molecule has 0 aliphatic carbocycles. The summed E-state index contributed by atoms with van der Waals surface area (Å²) in [6.45, 7) is 8.14. The molecule has 3 nitrogen and oxygen atoms in total. The number of hydrogen-bond donors (Lipinski definition) is 0. The Morgan fingerprint density at radius 1 is 1.25 bits per heavy atom. The van der Waals surface area contributed by atoms with Crippen molar-refractivity contribution in [2.24, 2.45) is 0 Å². The fourth-order valence-electron chi connectivity index (χ4n) is 1.49. The molecule has 0 N–H and O–H groups in total. The van der Waals surface area contributed by atoms with E-state index in [0.29, 0.717) is 6.61 Å². The van der Waals surface area contributed by atoms with Crippen LogP contribution in [0.25, 0.3) is 0 Å². The van der Waals surface area contributed by atoms with Crippen molar-refractivity contribution < 1.29 is 14.3 Å². The highest BCUT2D eigenvalue weighted by atomic mass is 16.6. The Labute approximate surface area is 96.4 Å². The predicted octanol–water partition coefficient (Wildman–Crippen LogP) is 2.55. The van der Waals surface area contributed by atoms with E-state index in [4.69, 9.17) is 9.47 Å². The Morgan fingerprint density at radius 3 is 2.56 bits per heavy atom. The molecule has 0 bridgehead atoms. The van der Waals surface area contributed by atoms with Gasteiger partial charge in [0.15, 0.2) is 6.61 Å². The lowest BCUT2D eigenvalue weighted by molar-refractivity contribution is -0.145. The number of ether oxygens (including phenoxy) is 2. The van der Waals surface area contributed by atoms with E-state index in [0.717, 1.165) is 16.9 Å². The fraction of sp³-hybridized carbons (Fsp3) is 0.462. The van der Waals surface area contributed by atoms with E-state index in [2.05, 4.69) is 6.07 Å². The van der Waals surface area contributed by atoms with Crippen LogP contribution in [0.5, 0.6) is 5.75 Å². The number of benzene rings is 1. The van der Waals surface area contributed by atoms with Crippen LogP contribution in [0.4, 0.5) is 0 Å². The largest absolute Gasteiger partial charge is 0.482 e. The van der Waals surface area contributed by atoms with Crippen LogP contribution in [0.1, 0.15) is 23.6 Å². The van der Waals surface area contributed by atoms with Crippen LogP contribution >= 0.6 is 0 Å². The van der Waals surface area contributed by atoms with E-state index in [1.165, 1.54) is 5.56 Å². The Hall–Kier alpha value is -1.51. The van der Waals surface area contributed by atoms with Gasteiger partial charge in [0.2, 0.25) is 0 Å². The summed E-state index contributed by atoms with van der Waals surface area (Å²) in [4.78, 5) is 11.2. The van der Waals surface area contributed by atoms with Crippen molar-refractivity contribution >= 4 is 5.97 Å². The van der Waals surface area contributed by atoms with Crippen LogP contribution in [0, 0.1) is 20.8 Å². The lowest BCUT2D eigenvalue weighted by Crippen LogP contribution is -2.15. The third-order valence-electron chi connectivity index (χ3n) is 2.41. The normalized spacial score (nSPS) is 10.0. The quantitative estimate of drug-likeness (QED) is 0.734. The zero-order chi connectivity index (χ0) is 12.1. The summed E-state index contributed by atoms with van der Waals surface area (Å²) in [5.41, 5.74) is 3.36. The minimum absolute atomic E-state index is 0.0302. The summed E-state index contributed by atoms with van der Waals surface area (Å²) in [5, 5.41) is 0. The van der Waals surface area contributed by atoms with Crippen LogP contribution in [0.15, 0.2) is 12.1 Å². The average molecular weight is 222 g/mol. The third-order valence-corrected chi connectivity index (χ3v) is 2.41. The minimum Gasteiger partial charge on any atom is -0.482 e. The lowest BCUT2D eigenvalue weighted by atomic mass is 10.1. The number of rotatable bonds is 4. The van der Waals surface area contributed by atoms with E-state index >= 15 is 0 Å². The molecule has 1 rings (SSSR count). The second-order valence-corrected chi connectivity index (χ2v) is 3.80. The molecule has 16 heavy (non-hydrogen) atoms. The monoisotopic (exact) mass is 222 g/mol. The predicted molar refractivity (Wildman–Crippen MR) is 62.8 cm³/mol. The number of esters is 1. The minimum atomic E-state index is -0.332. The second kappa shape index (κ2) is 5.54. The van der Waals surface area contributed by atoms with Crippen LogP contribution < -0.4 is 4.74 Å². The van der Waals surface area contributed by atoms with Gasteiger partial charge in [-0.2, -0.15) is 0 Å². The molecule has 0 spiro atoms. The first-order chi connectivity index (χ1) is 7.54. The van der Waals surface area contributed by atoms with Crippen LogP contribution in [0.2, 0.25) is 0 Å². The molecule has 88 valence electrons. The molecule has 0 fully saturated rings. The molecule has 1 aromatic carbocycles. The summed E-state index contributed by atoms with van der Waals surface area (Å²) < 4.78 is 10.2. The molecule has 0 saturated heterocycles. The highest BCUT2D eigenvalue weighted by Crippen LogP contribution is 2.23. The van der Waals surface area contributed by atoms with Gasteiger partial charge < -0.3 is 9.47 Å². The molecule has 0 aliphatic rings. The van der Waals surface area contributed by atoms with Gasteiger partial charge in [0.1, 0.15) is 5.75 Å². The molecule has 0 amide bonds. The zero-order valence-electron chi connectivity index (χ0n) is 10.3. The number of aryl methyl sites for hydroxylation is 2. The molecule has 1 aromatic rings. The van der Waals surface area contributed by atoms with Crippen molar-refractivity contribution in [3.8, 4) is 5.75 Å². The SMILES string of the molecule is CCOC(=O)COc1cc(C)cc(C)c1C. The van der Waals surface area contributed by atoms with E-state index in [1.54, 1.807) is 6.92 Å². The Bertz CT molecular complexity index is 383. The highest BCUT2D eigenvalue weighted by Gasteiger charge is 2.07. The van der Waals surface area contributed by atoms with E-state index in [9.17, 15) is 4.79 Å². The molecule has 0 unspecified atom stereocenters. The van der Waals surface area contributed by atoms with Gasteiger partial charge in [0.25, 0.3) is 0 Å². The molecular formula is C13H18O3. The van der Waals surface area contributed by atoms with Gasteiger partial charge in [-0.15, -0.1) is 0 Å². The topological polar surface area (TPSA) is 35.5 Å². The second-order valence-electron chi connectivity index (χ2n) is 3.80. The smallest absolute Gasteiger partial charge is 0.344 e. The summed E-state index contributed by atoms with van der Waals surface area (Å²) in [6, 6.07) is 4.02. The highest BCUT2D eigenvalue weighted by molar-refractivity contribution is 5.71. The van der Waals surface area contributed by atoms with Crippen molar-refractivity contribution in [1.29, 1.82) is 0 Å². The average Bonchev–Trinajstić information content (AvgIpc) is 2.21. The first kappa shape index (κ1) is 12.6. The summed E-state index contributed by atoms with van der Waals surface area (Å²) in [7, 11) is 0. The number of carbonyl (C=O) groups excluding carboxylic acids is 1. The van der Waals surface area contributed by atoms with Gasteiger partial charge in [-0.25, -0.2) is 4.79 Å². The first-order valence-corrected chi connectivity index (χ1v) is 5.41. The van der Waals surface area contributed by atoms with Crippen molar-refractivity contribution in [2.45, 2.75) is 27.7 Å². The van der Waals surface area contributed by atoms with Crippen molar-refractivity contribution in [2.75, 3.05) is 13.2 Å². The Morgan fingerprint density at radius 2 is 1.94 bits per heavy atom. The molecule has 0 aliphatic heterocycles. The van der Waals surface area contributed by atoms with Gasteiger partial charge in [-0.05, 0) is 50.5 Å². The maximum atomic E-state index is 11.2. The number of carbonyl (C=O) groups is 1. The molecule has 0 atom stereocenters. The van der Waals surface area contributed by atoms with Crippen LogP contribution in [-0.2, 0) is 9.53 Å². The van der Waals surface area contributed by atoms with Crippen molar-refractivity contribution in [3.63, 3.8) is 0 Å². The molecule has 0 saturated carbocycles. The molecule has 3 heteroatoms. The van der Waals surface area contributed by atoms with Gasteiger partial charge >= 0.3 is 5.97 Å². The Kier molecular flexibility index (Phi) is 4.35. The van der Waals surface area contributed by atoms with Gasteiger partial charge in [0.05, 0.1) is 6.61 Å². The molecular weight excluding hydrogens is 204 g/mol. The maximum absolute atomic E-state index is 11.2. The zero-order valence-corrected chi connectivity index (χ0v) is 10.3. The first-order valence-electron chi connectivity index (χ1n) is 5.41. The van der Waals surface area contributed by atoms with Gasteiger partial charge in [0, 0.05) is 0 Å². The third kappa shape index (κ3) is 3.26.